The van der Waals surface area contributed by atoms with Crippen LogP contribution in [0.15, 0.2) is 103 Å². The summed E-state index contributed by atoms with van der Waals surface area (Å²) in [5.74, 6) is 3.82. The number of imidazole rings is 2. The first-order valence-corrected chi connectivity index (χ1v) is 13.1. The molecule has 0 amide bonds. The molecule has 2 aromatic heterocycles. The van der Waals surface area contributed by atoms with E-state index in [0.717, 1.165) is 39.6 Å². The predicted octanol–water partition coefficient (Wildman–Crippen LogP) is 8.31. The third kappa shape index (κ3) is 4.92. The second-order valence-electron chi connectivity index (χ2n) is 9.93. The molecule has 5 heteroatoms. The Hall–Kier alpha value is -4.38. The fraction of sp³-hybridized carbons (Fsp3) is 0.212. The summed E-state index contributed by atoms with van der Waals surface area (Å²) in [5, 5.41) is 0. The zero-order valence-electron chi connectivity index (χ0n) is 22.7. The normalized spacial score (nSPS) is 11.2. The minimum Gasteiger partial charge on any atom is -0.497 e. The first-order chi connectivity index (χ1) is 18.5. The molecule has 6 rings (SSSR count). The summed E-state index contributed by atoms with van der Waals surface area (Å²) in [7, 11) is 1.68. The summed E-state index contributed by atoms with van der Waals surface area (Å²) in [4.78, 5) is 9.51. The smallest absolute Gasteiger partial charge is 0.119 e. The molecule has 0 radical (unpaired) electrons. The molecule has 0 aliphatic carbocycles. The monoisotopic (exact) mass is 502 g/mol. The molecule has 6 aromatic rings. The topological polar surface area (TPSA) is 44.9 Å². The van der Waals surface area contributed by atoms with Gasteiger partial charge in [0.05, 0.1) is 29.2 Å². The molecule has 0 N–H and O–H groups in total. The van der Waals surface area contributed by atoms with Crippen LogP contribution in [0.3, 0.4) is 0 Å². The van der Waals surface area contributed by atoms with Gasteiger partial charge in [0, 0.05) is 23.2 Å². The molecule has 0 atom stereocenters. The van der Waals surface area contributed by atoms with E-state index < -0.39 is 0 Å². The first kappa shape index (κ1) is 25.3. The largest absolute Gasteiger partial charge is 0.497 e. The van der Waals surface area contributed by atoms with Gasteiger partial charge in [0.1, 0.15) is 17.4 Å². The number of aromatic nitrogens is 4. The van der Waals surface area contributed by atoms with Crippen LogP contribution in [0.1, 0.15) is 51.2 Å². The number of hydrogen-bond donors (Lipinski definition) is 0. The Morgan fingerprint density at radius 2 is 0.947 bits per heavy atom. The van der Waals surface area contributed by atoms with Gasteiger partial charge in [0.15, 0.2) is 0 Å². The van der Waals surface area contributed by atoms with E-state index in [2.05, 4.69) is 104 Å². The highest BCUT2D eigenvalue weighted by Crippen LogP contribution is 2.27. The molecule has 0 spiro atoms. The van der Waals surface area contributed by atoms with E-state index in [4.69, 9.17) is 14.7 Å². The molecule has 0 bridgehead atoms. The zero-order chi connectivity index (χ0) is 26.6. The van der Waals surface area contributed by atoms with Crippen LogP contribution < -0.4 is 4.74 Å². The molecule has 0 aliphatic heterocycles. The van der Waals surface area contributed by atoms with Crippen molar-refractivity contribution in [1.82, 2.24) is 19.1 Å². The van der Waals surface area contributed by atoms with E-state index in [1.54, 1.807) is 7.11 Å². The van der Waals surface area contributed by atoms with Crippen LogP contribution in [0.25, 0.3) is 33.4 Å². The van der Waals surface area contributed by atoms with Crippen molar-refractivity contribution in [1.29, 1.82) is 0 Å². The van der Waals surface area contributed by atoms with Gasteiger partial charge in [-0.2, -0.15) is 0 Å². The highest BCUT2D eigenvalue weighted by atomic mass is 16.5. The van der Waals surface area contributed by atoms with Gasteiger partial charge in [-0.15, -0.1) is 0 Å². The minimum atomic E-state index is 0.365. The van der Waals surface area contributed by atoms with Gasteiger partial charge < -0.3 is 4.74 Å². The number of rotatable bonds is 5. The fourth-order valence-electron chi connectivity index (χ4n) is 4.71. The SMILES string of the molecule is CC(C)c1nc2ccccc2n1-c1ccccc1.COc1ccc(-n2c(C(C)C)nc3ccccc32)cc1. The lowest BCUT2D eigenvalue weighted by Gasteiger charge is -2.12. The standard InChI is InChI=1S/C17H18N2O.C16H16N2/c1-12(2)17-18-15-6-4-5-7-16(15)19(17)13-8-10-14(20-3)11-9-13;1-12(2)16-17-14-10-6-7-11-15(14)18(16)13-8-4-3-5-9-13/h4-12H,1-3H3;3-12H,1-2H3. The van der Waals surface area contributed by atoms with E-state index in [1.807, 2.05) is 36.4 Å². The third-order valence-electron chi connectivity index (χ3n) is 6.55. The first-order valence-electron chi connectivity index (χ1n) is 13.1. The second-order valence-corrected chi connectivity index (χ2v) is 9.93. The van der Waals surface area contributed by atoms with Gasteiger partial charge in [-0.05, 0) is 60.7 Å². The number of benzene rings is 4. The summed E-state index contributed by atoms with van der Waals surface area (Å²) < 4.78 is 9.70. The minimum absolute atomic E-state index is 0.365. The van der Waals surface area contributed by atoms with Crippen LogP contribution in [-0.4, -0.2) is 26.2 Å². The van der Waals surface area contributed by atoms with E-state index in [-0.39, 0.29) is 0 Å². The molecule has 0 fully saturated rings. The van der Waals surface area contributed by atoms with Crippen LogP contribution in [0, 0.1) is 0 Å². The second kappa shape index (κ2) is 10.9. The van der Waals surface area contributed by atoms with Crippen molar-refractivity contribution in [3.05, 3.63) is 115 Å². The van der Waals surface area contributed by atoms with Crippen molar-refractivity contribution in [2.24, 2.45) is 0 Å². The van der Waals surface area contributed by atoms with Crippen LogP contribution in [0.4, 0.5) is 0 Å². The van der Waals surface area contributed by atoms with Crippen LogP contribution in [0.5, 0.6) is 5.75 Å². The van der Waals surface area contributed by atoms with E-state index in [1.165, 1.54) is 11.2 Å². The molecule has 5 nitrogen and oxygen atoms in total. The van der Waals surface area contributed by atoms with Crippen molar-refractivity contribution < 1.29 is 4.74 Å². The van der Waals surface area contributed by atoms with Gasteiger partial charge in [0.25, 0.3) is 0 Å². The lowest BCUT2D eigenvalue weighted by molar-refractivity contribution is 0.414. The van der Waals surface area contributed by atoms with Gasteiger partial charge in [-0.25, -0.2) is 9.97 Å². The number of methoxy groups -OCH3 is 1. The van der Waals surface area contributed by atoms with Crippen LogP contribution >= 0.6 is 0 Å². The zero-order valence-corrected chi connectivity index (χ0v) is 22.7. The number of hydrogen-bond acceptors (Lipinski definition) is 3. The summed E-state index contributed by atoms with van der Waals surface area (Å²) in [5.41, 5.74) is 6.70. The number of para-hydroxylation sites is 5. The van der Waals surface area contributed by atoms with Crippen molar-refractivity contribution in [2.45, 2.75) is 39.5 Å². The molecule has 0 aliphatic rings. The molecule has 192 valence electrons. The molecular weight excluding hydrogens is 468 g/mol. The van der Waals surface area contributed by atoms with Gasteiger partial charge in [-0.1, -0.05) is 70.2 Å². The summed E-state index contributed by atoms with van der Waals surface area (Å²) in [6.07, 6.45) is 0. The maximum atomic E-state index is 5.23. The highest BCUT2D eigenvalue weighted by molar-refractivity contribution is 5.79. The Morgan fingerprint density at radius 1 is 0.526 bits per heavy atom. The van der Waals surface area contributed by atoms with Gasteiger partial charge >= 0.3 is 0 Å². The van der Waals surface area contributed by atoms with Gasteiger partial charge in [-0.3, -0.25) is 9.13 Å². The Bertz CT molecular complexity index is 1640. The molecular formula is C33H34N4O. The van der Waals surface area contributed by atoms with E-state index in [9.17, 15) is 0 Å². The number of fused-ring (bicyclic) bond motifs is 2. The number of ether oxygens (including phenoxy) is 1. The van der Waals surface area contributed by atoms with Crippen molar-refractivity contribution in [3.8, 4) is 17.1 Å². The third-order valence-corrected chi connectivity index (χ3v) is 6.55. The molecule has 2 heterocycles. The maximum Gasteiger partial charge on any atom is 0.119 e. The summed E-state index contributed by atoms with van der Waals surface area (Å²) in [6.45, 7) is 8.70. The molecule has 0 unspecified atom stereocenters. The van der Waals surface area contributed by atoms with E-state index >= 15 is 0 Å². The number of nitrogens with zero attached hydrogens (tertiary/aromatic N) is 4. The van der Waals surface area contributed by atoms with Crippen LogP contribution in [0.2, 0.25) is 0 Å². The van der Waals surface area contributed by atoms with Crippen molar-refractivity contribution >= 4 is 22.1 Å². The van der Waals surface area contributed by atoms with Crippen LogP contribution in [-0.2, 0) is 0 Å². The highest BCUT2D eigenvalue weighted by Gasteiger charge is 2.15. The molecule has 0 saturated heterocycles. The lowest BCUT2D eigenvalue weighted by atomic mass is 10.2. The fourth-order valence-corrected chi connectivity index (χ4v) is 4.71. The Balaban J connectivity index is 0.000000156. The maximum absolute atomic E-state index is 5.23. The summed E-state index contributed by atoms with van der Waals surface area (Å²) >= 11 is 0. The Kier molecular flexibility index (Phi) is 7.27. The quantitative estimate of drug-likeness (QED) is 0.238. The lowest BCUT2D eigenvalue weighted by Crippen LogP contribution is -2.02. The Morgan fingerprint density at radius 3 is 1.39 bits per heavy atom. The molecule has 4 aromatic carbocycles. The van der Waals surface area contributed by atoms with Gasteiger partial charge in [0.2, 0.25) is 0 Å². The van der Waals surface area contributed by atoms with E-state index in [0.29, 0.717) is 11.8 Å². The average Bonchev–Trinajstić information content (AvgIpc) is 3.54. The summed E-state index contributed by atoms with van der Waals surface area (Å²) in [6, 6.07) is 35.1. The van der Waals surface area contributed by atoms with Crippen molar-refractivity contribution in [2.75, 3.05) is 7.11 Å². The Labute approximate surface area is 224 Å². The predicted molar refractivity (Wildman–Crippen MR) is 157 cm³/mol. The average molecular weight is 503 g/mol. The molecule has 38 heavy (non-hydrogen) atoms. The van der Waals surface area contributed by atoms with Crippen molar-refractivity contribution in [3.63, 3.8) is 0 Å². The molecule has 0 saturated carbocycles.